The van der Waals surface area contributed by atoms with E-state index in [9.17, 15) is 4.79 Å². The van der Waals surface area contributed by atoms with Gasteiger partial charge in [0.15, 0.2) is 0 Å². The second kappa shape index (κ2) is 7.97. The van der Waals surface area contributed by atoms with Gasteiger partial charge in [-0.2, -0.15) is 0 Å². The quantitative estimate of drug-likeness (QED) is 0.848. The van der Waals surface area contributed by atoms with E-state index in [-0.39, 0.29) is 11.9 Å². The highest BCUT2D eigenvalue weighted by molar-refractivity contribution is 5.76. The van der Waals surface area contributed by atoms with Gasteiger partial charge in [0, 0.05) is 19.6 Å². The third-order valence-electron chi connectivity index (χ3n) is 4.51. The Hall–Kier alpha value is -2.33. The van der Waals surface area contributed by atoms with E-state index < -0.39 is 0 Å². The molecule has 0 radical (unpaired) electrons. The Kier molecular flexibility index (Phi) is 5.49. The van der Waals surface area contributed by atoms with Crippen LogP contribution < -0.4 is 4.74 Å². The molecule has 0 aromatic heterocycles. The van der Waals surface area contributed by atoms with Crippen LogP contribution >= 0.6 is 0 Å². The lowest BCUT2D eigenvalue weighted by molar-refractivity contribution is -0.134. The summed E-state index contributed by atoms with van der Waals surface area (Å²) in [7, 11) is 2.12. The molecule has 1 amide bonds. The molecule has 0 spiro atoms. The molecule has 1 saturated heterocycles. The molecule has 4 heteroatoms. The lowest BCUT2D eigenvalue weighted by Crippen LogP contribution is -2.49. The normalized spacial score (nSPS) is 18.4. The smallest absolute Gasteiger partial charge is 0.226 e. The standard InChI is InChI=1S/C20H24N2O2/c1-21-13-14-22(16-19(21)17-8-4-2-5-9-17)20(23)12-15-24-18-10-6-3-7-11-18/h2-11,19H,12-16H2,1H3. The Balaban J connectivity index is 1.53. The number of para-hydroxylation sites is 1. The third kappa shape index (κ3) is 4.15. The maximum Gasteiger partial charge on any atom is 0.226 e. The van der Waals surface area contributed by atoms with Crippen LogP contribution in [0.3, 0.4) is 0 Å². The van der Waals surface area contributed by atoms with E-state index in [0.29, 0.717) is 13.0 Å². The monoisotopic (exact) mass is 324 g/mol. The predicted octanol–water partition coefficient (Wildman–Crippen LogP) is 2.97. The molecule has 1 fully saturated rings. The summed E-state index contributed by atoms with van der Waals surface area (Å²) in [6.45, 7) is 2.84. The fraction of sp³-hybridized carbons (Fsp3) is 0.350. The maximum atomic E-state index is 12.5. The first-order valence-corrected chi connectivity index (χ1v) is 8.45. The molecule has 0 aliphatic carbocycles. The topological polar surface area (TPSA) is 32.8 Å². The minimum Gasteiger partial charge on any atom is -0.493 e. The van der Waals surface area contributed by atoms with Gasteiger partial charge in [-0.15, -0.1) is 0 Å². The van der Waals surface area contributed by atoms with Crippen LogP contribution in [0.25, 0.3) is 0 Å². The van der Waals surface area contributed by atoms with Crippen molar-refractivity contribution in [3.05, 3.63) is 66.2 Å². The third-order valence-corrected chi connectivity index (χ3v) is 4.51. The lowest BCUT2D eigenvalue weighted by atomic mass is 10.0. The van der Waals surface area contributed by atoms with E-state index in [2.05, 4.69) is 36.2 Å². The number of rotatable bonds is 5. The summed E-state index contributed by atoms with van der Waals surface area (Å²) in [5.41, 5.74) is 1.26. The van der Waals surface area contributed by atoms with Gasteiger partial charge in [0.05, 0.1) is 19.1 Å². The number of ether oxygens (including phenoxy) is 1. The summed E-state index contributed by atoms with van der Waals surface area (Å²) >= 11 is 0. The maximum absolute atomic E-state index is 12.5. The summed E-state index contributed by atoms with van der Waals surface area (Å²) in [5, 5.41) is 0. The zero-order valence-electron chi connectivity index (χ0n) is 14.1. The SMILES string of the molecule is CN1CCN(C(=O)CCOc2ccccc2)CC1c1ccccc1. The van der Waals surface area contributed by atoms with Gasteiger partial charge in [0.1, 0.15) is 5.75 Å². The lowest BCUT2D eigenvalue weighted by Gasteiger charge is -2.39. The average Bonchev–Trinajstić information content (AvgIpc) is 2.63. The van der Waals surface area contributed by atoms with Crippen molar-refractivity contribution in [2.45, 2.75) is 12.5 Å². The van der Waals surface area contributed by atoms with Gasteiger partial charge in [-0.05, 0) is 24.7 Å². The van der Waals surface area contributed by atoms with Crippen molar-refractivity contribution in [2.24, 2.45) is 0 Å². The number of benzene rings is 2. The van der Waals surface area contributed by atoms with Crippen LogP contribution in [-0.2, 0) is 4.79 Å². The number of amides is 1. The molecular weight excluding hydrogens is 300 g/mol. The number of carbonyl (C=O) groups is 1. The molecule has 2 aromatic carbocycles. The number of hydrogen-bond acceptors (Lipinski definition) is 3. The van der Waals surface area contributed by atoms with E-state index in [1.165, 1.54) is 5.56 Å². The number of piperazine rings is 1. The second-order valence-electron chi connectivity index (χ2n) is 6.16. The Morgan fingerprint density at radius 3 is 2.42 bits per heavy atom. The molecular formula is C20H24N2O2. The number of hydrogen-bond donors (Lipinski definition) is 0. The number of carbonyl (C=O) groups excluding carboxylic acids is 1. The summed E-state index contributed by atoms with van der Waals surface area (Å²) in [6, 6.07) is 20.3. The summed E-state index contributed by atoms with van der Waals surface area (Å²) < 4.78 is 5.64. The molecule has 0 bridgehead atoms. The van der Waals surface area contributed by atoms with Crippen molar-refractivity contribution in [3.8, 4) is 5.75 Å². The highest BCUT2D eigenvalue weighted by Crippen LogP contribution is 2.24. The van der Waals surface area contributed by atoms with E-state index >= 15 is 0 Å². The highest BCUT2D eigenvalue weighted by atomic mass is 16.5. The Labute approximate surface area is 143 Å². The van der Waals surface area contributed by atoms with Crippen LogP contribution in [0.1, 0.15) is 18.0 Å². The summed E-state index contributed by atoms with van der Waals surface area (Å²) in [4.78, 5) is 16.8. The first-order valence-electron chi connectivity index (χ1n) is 8.45. The van der Waals surface area contributed by atoms with Gasteiger partial charge in [0.25, 0.3) is 0 Å². The van der Waals surface area contributed by atoms with Crippen LogP contribution in [0, 0.1) is 0 Å². The largest absolute Gasteiger partial charge is 0.493 e. The fourth-order valence-electron chi connectivity index (χ4n) is 3.07. The molecule has 1 atom stereocenters. The van der Waals surface area contributed by atoms with Gasteiger partial charge in [-0.25, -0.2) is 0 Å². The fourth-order valence-corrected chi connectivity index (χ4v) is 3.07. The Morgan fingerprint density at radius 2 is 1.71 bits per heavy atom. The van der Waals surface area contributed by atoms with Crippen molar-refractivity contribution in [1.82, 2.24) is 9.80 Å². The molecule has 1 aliphatic heterocycles. The predicted molar refractivity (Wildman–Crippen MR) is 94.9 cm³/mol. The molecule has 24 heavy (non-hydrogen) atoms. The van der Waals surface area contributed by atoms with E-state index in [4.69, 9.17) is 4.74 Å². The molecule has 3 rings (SSSR count). The Morgan fingerprint density at radius 1 is 1.04 bits per heavy atom. The molecule has 1 aliphatic rings. The van der Waals surface area contributed by atoms with Crippen molar-refractivity contribution in [1.29, 1.82) is 0 Å². The molecule has 1 unspecified atom stereocenters. The molecule has 0 N–H and O–H groups in total. The van der Waals surface area contributed by atoms with Crippen LogP contribution in [0.4, 0.5) is 0 Å². The van der Waals surface area contributed by atoms with Crippen LogP contribution in [0.2, 0.25) is 0 Å². The average molecular weight is 324 g/mol. The number of nitrogens with zero attached hydrogens (tertiary/aromatic N) is 2. The Bertz CT molecular complexity index is 645. The van der Waals surface area contributed by atoms with E-state index in [1.807, 2.05) is 41.3 Å². The zero-order valence-corrected chi connectivity index (χ0v) is 14.1. The van der Waals surface area contributed by atoms with E-state index in [1.54, 1.807) is 0 Å². The van der Waals surface area contributed by atoms with Gasteiger partial charge < -0.3 is 9.64 Å². The van der Waals surface area contributed by atoms with E-state index in [0.717, 1.165) is 25.4 Å². The van der Waals surface area contributed by atoms with Gasteiger partial charge in [-0.3, -0.25) is 9.69 Å². The van der Waals surface area contributed by atoms with Crippen molar-refractivity contribution in [2.75, 3.05) is 33.3 Å². The molecule has 4 nitrogen and oxygen atoms in total. The molecule has 2 aromatic rings. The van der Waals surface area contributed by atoms with Crippen molar-refractivity contribution < 1.29 is 9.53 Å². The van der Waals surface area contributed by atoms with Gasteiger partial charge >= 0.3 is 0 Å². The second-order valence-corrected chi connectivity index (χ2v) is 6.16. The van der Waals surface area contributed by atoms with Gasteiger partial charge in [-0.1, -0.05) is 48.5 Å². The number of likely N-dealkylation sites (N-methyl/N-ethyl adjacent to an activating group) is 1. The first-order chi connectivity index (χ1) is 11.7. The van der Waals surface area contributed by atoms with Crippen molar-refractivity contribution in [3.63, 3.8) is 0 Å². The summed E-state index contributed by atoms with van der Waals surface area (Å²) in [5.74, 6) is 0.978. The van der Waals surface area contributed by atoms with Crippen LogP contribution in [0.5, 0.6) is 5.75 Å². The van der Waals surface area contributed by atoms with Crippen molar-refractivity contribution >= 4 is 5.91 Å². The first kappa shape index (κ1) is 16.5. The molecule has 1 heterocycles. The molecule has 0 saturated carbocycles. The van der Waals surface area contributed by atoms with Gasteiger partial charge in [0.2, 0.25) is 5.91 Å². The molecule has 126 valence electrons. The van der Waals surface area contributed by atoms with Crippen LogP contribution in [0.15, 0.2) is 60.7 Å². The minimum absolute atomic E-state index is 0.167. The highest BCUT2D eigenvalue weighted by Gasteiger charge is 2.28. The zero-order chi connectivity index (χ0) is 16.8. The summed E-state index contributed by atoms with van der Waals surface area (Å²) in [6.07, 6.45) is 0.417. The minimum atomic E-state index is 0.167. The van der Waals surface area contributed by atoms with Crippen LogP contribution in [-0.4, -0.2) is 49.0 Å².